The summed E-state index contributed by atoms with van der Waals surface area (Å²) in [5, 5.41) is 7.10. The van der Waals surface area contributed by atoms with Crippen LogP contribution in [0.2, 0.25) is 0 Å². The van der Waals surface area contributed by atoms with Crippen LogP contribution in [0.5, 0.6) is 0 Å². The van der Waals surface area contributed by atoms with Crippen LogP contribution < -0.4 is 10.6 Å². The molecule has 5 heteroatoms. The van der Waals surface area contributed by atoms with Gasteiger partial charge in [0.15, 0.2) is 5.11 Å². The summed E-state index contributed by atoms with van der Waals surface area (Å²) in [6.07, 6.45) is 2.56. The number of thiocarbonyl (C=S) groups is 1. The van der Waals surface area contributed by atoms with E-state index in [4.69, 9.17) is 17.0 Å². The molecule has 0 saturated carbocycles. The van der Waals surface area contributed by atoms with E-state index in [-0.39, 0.29) is 0 Å². The molecule has 3 nitrogen and oxygen atoms in total. The first kappa shape index (κ1) is 17.3. The summed E-state index contributed by atoms with van der Waals surface area (Å²) in [5.41, 5.74) is 2.31. The topological polar surface area (TPSA) is 33.3 Å². The second-order valence-electron chi connectivity index (χ2n) is 5.77. The summed E-state index contributed by atoms with van der Waals surface area (Å²) in [5.74, 6) is 0.964. The van der Waals surface area contributed by atoms with Gasteiger partial charge in [-0.1, -0.05) is 30.3 Å². The third kappa shape index (κ3) is 5.51. The maximum atomic E-state index is 5.58. The second kappa shape index (κ2) is 9.06. The minimum absolute atomic E-state index is 0.294. The minimum Gasteiger partial charge on any atom is -0.376 e. The fourth-order valence-corrected chi connectivity index (χ4v) is 3.63. The fraction of sp³-hybridized carbons (Fsp3) is 0.316. The lowest BCUT2D eigenvalue weighted by Crippen LogP contribution is -2.34. The maximum absolute atomic E-state index is 5.58. The summed E-state index contributed by atoms with van der Waals surface area (Å²) in [7, 11) is 0. The maximum Gasteiger partial charge on any atom is 0.170 e. The normalized spacial score (nSPS) is 16.8. The Morgan fingerprint density at radius 3 is 2.62 bits per heavy atom. The summed E-state index contributed by atoms with van der Waals surface area (Å²) in [4.78, 5) is 1.29. The van der Waals surface area contributed by atoms with Crippen LogP contribution in [0.15, 0.2) is 59.5 Å². The van der Waals surface area contributed by atoms with Crippen LogP contribution in [0.4, 0.5) is 5.69 Å². The van der Waals surface area contributed by atoms with E-state index in [1.807, 2.05) is 17.8 Å². The van der Waals surface area contributed by atoms with Crippen LogP contribution in [-0.2, 0) is 10.5 Å². The second-order valence-corrected chi connectivity index (χ2v) is 7.23. The molecule has 0 amide bonds. The average molecular weight is 359 g/mol. The molecule has 1 atom stereocenters. The molecule has 2 aromatic carbocycles. The van der Waals surface area contributed by atoms with Crippen molar-refractivity contribution in [3.05, 3.63) is 60.2 Å². The third-order valence-electron chi connectivity index (χ3n) is 3.87. The van der Waals surface area contributed by atoms with Crippen molar-refractivity contribution in [2.24, 2.45) is 0 Å². The quantitative estimate of drug-likeness (QED) is 0.589. The molecule has 1 heterocycles. The van der Waals surface area contributed by atoms with Crippen LogP contribution in [0.3, 0.4) is 0 Å². The Labute approximate surface area is 153 Å². The molecule has 24 heavy (non-hydrogen) atoms. The molecule has 0 spiro atoms. The number of rotatable bonds is 6. The van der Waals surface area contributed by atoms with Crippen molar-refractivity contribution in [3.63, 3.8) is 0 Å². The van der Waals surface area contributed by atoms with Crippen LogP contribution in [-0.4, -0.2) is 24.4 Å². The van der Waals surface area contributed by atoms with Crippen LogP contribution in [0, 0.1) is 0 Å². The number of hydrogen-bond donors (Lipinski definition) is 2. The van der Waals surface area contributed by atoms with E-state index in [2.05, 4.69) is 59.2 Å². The first-order chi connectivity index (χ1) is 11.8. The number of nitrogens with one attached hydrogen (secondary N) is 2. The minimum atomic E-state index is 0.294. The van der Waals surface area contributed by atoms with Gasteiger partial charge in [-0.15, -0.1) is 11.8 Å². The smallest absolute Gasteiger partial charge is 0.170 e. The molecular formula is C19H22N2OS2. The van der Waals surface area contributed by atoms with Crippen LogP contribution in [0.25, 0.3) is 0 Å². The van der Waals surface area contributed by atoms with Gasteiger partial charge in [0.05, 0.1) is 6.10 Å². The Kier molecular flexibility index (Phi) is 6.52. The molecule has 0 bridgehead atoms. The van der Waals surface area contributed by atoms with E-state index in [0.717, 1.165) is 37.4 Å². The highest BCUT2D eigenvalue weighted by atomic mass is 32.2. The van der Waals surface area contributed by atoms with E-state index in [9.17, 15) is 0 Å². The van der Waals surface area contributed by atoms with E-state index in [0.29, 0.717) is 11.2 Å². The lowest BCUT2D eigenvalue weighted by atomic mass is 10.2. The van der Waals surface area contributed by atoms with Crippen LogP contribution in [0.1, 0.15) is 18.4 Å². The Bertz CT molecular complexity index is 640. The summed E-state index contributed by atoms with van der Waals surface area (Å²) >= 11 is 7.18. The van der Waals surface area contributed by atoms with Crippen LogP contribution >= 0.6 is 24.0 Å². The monoisotopic (exact) mass is 358 g/mol. The highest BCUT2D eigenvalue weighted by Crippen LogP contribution is 2.23. The summed E-state index contributed by atoms with van der Waals surface area (Å²) < 4.78 is 5.58. The lowest BCUT2D eigenvalue weighted by molar-refractivity contribution is 0.114. The third-order valence-corrected chi connectivity index (χ3v) is 5.20. The van der Waals surface area contributed by atoms with Gasteiger partial charge in [0.1, 0.15) is 0 Å². The molecule has 1 fully saturated rings. The number of anilines is 1. The molecule has 2 aromatic rings. The van der Waals surface area contributed by atoms with E-state index in [1.165, 1.54) is 10.5 Å². The molecule has 0 aliphatic carbocycles. The van der Waals surface area contributed by atoms with E-state index < -0.39 is 0 Å². The lowest BCUT2D eigenvalue weighted by Gasteiger charge is -2.14. The van der Waals surface area contributed by atoms with Gasteiger partial charge in [-0.25, -0.2) is 0 Å². The molecule has 1 saturated heterocycles. The molecular weight excluding hydrogens is 336 g/mol. The number of thioether (sulfide) groups is 1. The van der Waals surface area contributed by atoms with Crippen molar-refractivity contribution < 1.29 is 4.74 Å². The zero-order valence-corrected chi connectivity index (χ0v) is 15.2. The molecule has 3 rings (SSSR count). The summed E-state index contributed by atoms with van der Waals surface area (Å²) in [6.45, 7) is 1.65. The van der Waals surface area contributed by atoms with Crippen molar-refractivity contribution in [1.82, 2.24) is 5.32 Å². The van der Waals surface area contributed by atoms with Gasteiger partial charge in [0, 0.05) is 29.5 Å². The highest BCUT2D eigenvalue weighted by molar-refractivity contribution is 7.98. The highest BCUT2D eigenvalue weighted by Gasteiger charge is 2.15. The molecule has 0 aromatic heterocycles. The number of benzene rings is 2. The Balaban J connectivity index is 1.42. The van der Waals surface area contributed by atoms with Crippen molar-refractivity contribution in [2.75, 3.05) is 18.5 Å². The van der Waals surface area contributed by atoms with Gasteiger partial charge < -0.3 is 15.4 Å². The zero-order chi connectivity index (χ0) is 16.6. The van der Waals surface area contributed by atoms with Gasteiger partial charge >= 0.3 is 0 Å². The predicted octanol–water partition coefficient (Wildman–Crippen LogP) is 4.44. The first-order valence-corrected chi connectivity index (χ1v) is 9.62. The molecule has 126 valence electrons. The van der Waals surface area contributed by atoms with Gasteiger partial charge in [0.25, 0.3) is 0 Å². The number of ether oxygens (including phenoxy) is 1. The molecule has 2 N–H and O–H groups in total. The largest absolute Gasteiger partial charge is 0.376 e. The predicted molar refractivity (Wildman–Crippen MR) is 106 cm³/mol. The van der Waals surface area contributed by atoms with Crippen molar-refractivity contribution in [1.29, 1.82) is 0 Å². The number of hydrogen-bond acceptors (Lipinski definition) is 3. The fourth-order valence-electron chi connectivity index (χ4n) is 2.55. The van der Waals surface area contributed by atoms with E-state index in [1.54, 1.807) is 0 Å². The molecule has 0 radical (unpaired) electrons. The molecule has 0 unspecified atom stereocenters. The van der Waals surface area contributed by atoms with Gasteiger partial charge in [-0.05, 0) is 54.9 Å². The van der Waals surface area contributed by atoms with E-state index >= 15 is 0 Å². The standard InChI is InChI=1S/C19H22N2OS2/c23-19(20-13-17-5-4-12-22-17)21-16-10-8-15(9-11-16)14-24-18-6-2-1-3-7-18/h1-3,6-11,17H,4-5,12-14H2,(H2,20,21,23)/t17-/m0/s1. The van der Waals surface area contributed by atoms with Crippen molar-refractivity contribution in [2.45, 2.75) is 29.6 Å². The Hall–Kier alpha value is -1.56. The van der Waals surface area contributed by atoms with Crippen molar-refractivity contribution in [3.8, 4) is 0 Å². The van der Waals surface area contributed by atoms with Gasteiger partial charge in [-0.3, -0.25) is 0 Å². The first-order valence-electron chi connectivity index (χ1n) is 8.23. The SMILES string of the molecule is S=C(NC[C@@H]1CCCO1)Nc1ccc(CSc2ccccc2)cc1. The van der Waals surface area contributed by atoms with Crippen molar-refractivity contribution >= 4 is 34.8 Å². The zero-order valence-electron chi connectivity index (χ0n) is 13.5. The Morgan fingerprint density at radius 2 is 1.92 bits per heavy atom. The van der Waals surface area contributed by atoms with Gasteiger partial charge in [-0.2, -0.15) is 0 Å². The van der Waals surface area contributed by atoms with Gasteiger partial charge in [0.2, 0.25) is 0 Å². The molecule has 1 aliphatic heterocycles. The molecule has 1 aliphatic rings. The average Bonchev–Trinajstić information content (AvgIpc) is 3.14. The Morgan fingerprint density at radius 1 is 1.12 bits per heavy atom. The summed E-state index contributed by atoms with van der Waals surface area (Å²) in [6, 6.07) is 18.9.